The summed E-state index contributed by atoms with van der Waals surface area (Å²) in [5, 5.41) is 5.05. The van der Waals surface area contributed by atoms with E-state index in [1.807, 2.05) is 70.8 Å². The van der Waals surface area contributed by atoms with Crippen LogP contribution in [0.1, 0.15) is 33.3 Å². The summed E-state index contributed by atoms with van der Waals surface area (Å²) in [6.45, 7) is 2.55. The molecular weight excluding hydrogens is 464 g/mol. The number of carbonyl (C=O) groups is 1. The highest BCUT2D eigenvalue weighted by atomic mass is 35.5. The molecule has 0 saturated heterocycles. The molecule has 4 heterocycles. The molecule has 1 atom stereocenters. The summed E-state index contributed by atoms with van der Waals surface area (Å²) >= 11 is 8.08. The van der Waals surface area contributed by atoms with Crippen LogP contribution >= 0.6 is 22.9 Å². The highest BCUT2D eigenvalue weighted by Crippen LogP contribution is 2.43. The smallest absolute Gasteiger partial charge is 0.310 e. The molecule has 2 aromatic heterocycles. The fourth-order valence-corrected chi connectivity index (χ4v) is 6.63. The Balaban J connectivity index is 1.50. The molecule has 0 radical (unpaired) electrons. The lowest BCUT2D eigenvalue weighted by atomic mass is 10.0. The average Bonchev–Trinajstić information content (AvgIpc) is 3.42. The standard InChI is InChI=1S/C27H25ClN4OS/c1-30-15-13-21-22-16-32(27(33)29-20-6-3-2-4-7-20)25(18-9-11-19(28)12-10-18)23-8-5-14-31(23)26(22)34-24(21)17-30/h2-12,14,25H,13,15-17H2,1H3,(H,29,33)/t25-/m0/s1. The van der Waals surface area contributed by atoms with Crippen LogP contribution in [-0.2, 0) is 19.5 Å². The Morgan fingerprint density at radius 3 is 2.59 bits per heavy atom. The fraction of sp³-hybridized carbons (Fsp3) is 0.222. The second kappa shape index (κ2) is 8.62. The Labute approximate surface area is 208 Å². The Morgan fingerprint density at radius 2 is 1.79 bits per heavy atom. The van der Waals surface area contributed by atoms with Crippen LogP contribution in [0.2, 0.25) is 5.02 Å². The third-order valence-electron chi connectivity index (χ3n) is 6.73. The van der Waals surface area contributed by atoms with Gasteiger partial charge in [0, 0.05) is 40.4 Å². The van der Waals surface area contributed by atoms with Gasteiger partial charge in [0.05, 0.1) is 18.3 Å². The molecule has 2 amide bonds. The topological polar surface area (TPSA) is 40.5 Å². The van der Waals surface area contributed by atoms with Gasteiger partial charge in [-0.3, -0.25) is 0 Å². The van der Waals surface area contributed by atoms with Gasteiger partial charge in [0.15, 0.2) is 0 Å². The van der Waals surface area contributed by atoms with Crippen LogP contribution in [0.25, 0.3) is 5.00 Å². The number of hydrogen-bond donors (Lipinski definition) is 1. The minimum atomic E-state index is -0.238. The van der Waals surface area contributed by atoms with Gasteiger partial charge in [-0.05, 0) is 61.0 Å². The molecule has 4 aromatic rings. The first-order valence-electron chi connectivity index (χ1n) is 11.5. The van der Waals surface area contributed by atoms with Crippen LogP contribution in [0, 0.1) is 0 Å². The van der Waals surface area contributed by atoms with Crippen molar-refractivity contribution in [1.82, 2.24) is 14.4 Å². The molecule has 0 fully saturated rings. The maximum Gasteiger partial charge on any atom is 0.322 e. The summed E-state index contributed by atoms with van der Waals surface area (Å²) in [6, 6.07) is 21.4. The lowest BCUT2D eigenvalue weighted by Crippen LogP contribution is -2.38. The van der Waals surface area contributed by atoms with Gasteiger partial charge in [0.1, 0.15) is 5.00 Å². The van der Waals surface area contributed by atoms with Gasteiger partial charge in [0.2, 0.25) is 0 Å². The minimum absolute atomic E-state index is 0.111. The Morgan fingerprint density at radius 1 is 1.00 bits per heavy atom. The fourth-order valence-electron chi connectivity index (χ4n) is 5.06. The second-order valence-corrected chi connectivity index (χ2v) is 10.5. The highest BCUT2D eigenvalue weighted by Gasteiger charge is 2.36. The number of amides is 2. The van der Waals surface area contributed by atoms with Gasteiger partial charge in [0.25, 0.3) is 0 Å². The average molecular weight is 489 g/mol. The van der Waals surface area contributed by atoms with E-state index in [0.717, 1.165) is 36.5 Å². The first kappa shape index (κ1) is 21.5. The third-order valence-corrected chi connectivity index (χ3v) is 8.24. The number of nitrogens with zero attached hydrogens (tertiary/aromatic N) is 3. The molecule has 2 aliphatic heterocycles. The maximum atomic E-state index is 13.8. The predicted octanol–water partition coefficient (Wildman–Crippen LogP) is 6.32. The molecule has 7 heteroatoms. The minimum Gasteiger partial charge on any atom is -0.310 e. The molecule has 34 heavy (non-hydrogen) atoms. The number of halogens is 1. The van der Waals surface area contributed by atoms with Crippen molar-refractivity contribution < 1.29 is 4.79 Å². The van der Waals surface area contributed by atoms with Crippen LogP contribution in [0.5, 0.6) is 0 Å². The van der Waals surface area contributed by atoms with Gasteiger partial charge in [-0.1, -0.05) is 41.9 Å². The molecule has 0 saturated carbocycles. The van der Waals surface area contributed by atoms with E-state index < -0.39 is 0 Å². The van der Waals surface area contributed by atoms with E-state index in [9.17, 15) is 4.79 Å². The lowest BCUT2D eigenvalue weighted by molar-refractivity contribution is 0.194. The van der Waals surface area contributed by atoms with Gasteiger partial charge in [-0.2, -0.15) is 0 Å². The second-order valence-electron chi connectivity index (χ2n) is 8.96. The zero-order chi connectivity index (χ0) is 23.2. The molecule has 2 aliphatic rings. The number of thiophene rings is 1. The van der Waals surface area contributed by atoms with Crippen molar-refractivity contribution in [2.24, 2.45) is 0 Å². The summed E-state index contributed by atoms with van der Waals surface area (Å²) in [4.78, 5) is 19.6. The summed E-state index contributed by atoms with van der Waals surface area (Å²) in [5.74, 6) is 0. The number of nitrogens with one attached hydrogen (secondary N) is 1. The van der Waals surface area contributed by atoms with E-state index in [1.165, 1.54) is 21.0 Å². The monoisotopic (exact) mass is 488 g/mol. The number of benzene rings is 2. The van der Waals surface area contributed by atoms with Crippen LogP contribution in [0.4, 0.5) is 10.5 Å². The molecule has 0 unspecified atom stereocenters. The molecule has 1 N–H and O–H groups in total. The number of anilines is 1. The molecule has 0 aliphatic carbocycles. The summed E-state index contributed by atoms with van der Waals surface area (Å²) in [6.07, 6.45) is 3.13. The Kier molecular flexibility index (Phi) is 5.44. The quantitative estimate of drug-likeness (QED) is 0.359. The number of likely N-dealkylation sites (N-methyl/N-ethyl adjacent to an activating group) is 1. The summed E-state index contributed by atoms with van der Waals surface area (Å²) in [7, 11) is 2.17. The molecule has 172 valence electrons. The molecular formula is C27H25ClN4OS. The zero-order valence-corrected chi connectivity index (χ0v) is 20.4. The van der Waals surface area contributed by atoms with Crippen molar-refractivity contribution in [2.75, 3.05) is 18.9 Å². The van der Waals surface area contributed by atoms with Crippen LogP contribution in [0.15, 0.2) is 72.9 Å². The van der Waals surface area contributed by atoms with Crippen molar-refractivity contribution in [3.05, 3.63) is 105 Å². The first-order valence-corrected chi connectivity index (χ1v) is 12.7. The van der Waals surface area contributed by atoms with Crippen LogP contribution in [-0.4, -0.2) is 34.0 Å². The van der Waals surface area contributed by atoms with E-state index in [1.54, 1.807) is 0 Å². The Bertz CT molecular complexity index is 1340. The maximum absolute atomic E-state index is 13.8. The van der Waals surface area contributed by atoms with Crippen molar-refractivity contribution >= 4 is 34.7 Å². The van der Waals surface area contributed by atoms with Gasteiger partial charge in [-0.25, -0.2) is 4.79 Å². The first-order chi connectivity index (χ1) is 16.6. The van der Waals surface area contributed by atoms with E-state index in [-0.39, 0.29) is 12.1 Å². The van der Waals surface area contributed by atoms with Crippen molar-refractivity contribution in [3.8, 4) is 5.00 Å². The highest BCUT2D eigenvalue weighted by molar-refractivity contribution is 7.15. The van der Waals surface area contributed by atoms with E-state index in [2.05, 4.69) is 40.2 Å². The molecule has 0 spiro atoms. The third kappa shape index (κ3) is 3.72. The molecule has 2 aromatic carbocycles. The van der Waals surface area contributed by atoms with Gasteiger partial charge in [-0.15, -0.1) is 11.3 Å². The number of fused-ring (bicyclic) bond motifs is 5. The van der Waals surface area contributed by atoms with Crippen molar-refractivity contribution in [2.45, 2.75) is 25.6 Å². The number of carbonyl (C=O) groups excluding carboxylic acids is 1. The van der Waals surface area contributed by atoms with E-state index in [4.69, 9.17) is 11.6 Å². The van der Waals surface area contributed by atoms with Gasteiger partial charge < -0.3 is 19.7 Å². The number of para-hydroxylation sites is 1. The lowest BCUT2D eigenvalue weighted by Gasteiger charge is -2.32. The van der Waals surface area contributed by atoms with Crippen molar-refractivity contribution in [3.63, 3.8) is 0 Å². The summed E-state index contributed by atoms with van der Waals surface area (Å²) in [5.41, 5.74) is 5.58. The van der Waals surface area contributed by atoms with Gasteiger partial charge >= 0.3 is 6.03 Å². The number of rotatable bonds is 2. The predicted molar refractivity (Wildman–Crippen MR) is 138 cm³/mol. The largest absolute Gasteiger partial charge is 0.322 e. The van der Waals surface area contributed by atoms with E-state index >= 15 is 0 Å². The molecule has 5 nitrogen and oxygen atoms in total. The number of urea groups is 1. The van der Waals surface area contributed by atoms with Crippen molar-refractivity contribution in [1.29, 1.82) is 0 Å². The number of aromatic nitrogens is 1. The molecule has 0 bridgehead atoms. The summed E-state index contributed by atoms with van der Waals surface area (Å²) < 4.78 is 2.29. The molecule has 6 rings (SSSR count). The van der Waals surface area contributed by atoms with Crippen LogP contribution in [0.3, 0.4) is 0 Å². The van der Waals surface area contributed by atoms with E-state index in [0.29, 0.717) is 11.6 Å². The normalized spacial score (nSPS) is 17.5. The Hall–Kier alpha value is -3.06. The SMILES string of the molecule is CN1CCc2c(sc3c2CN(C(=O)Nc2ccccc2)[C@@H](c2ccc(Cl)cc2)c2cccn2-3)C1. The number of hydrogen-bond acceptors (Lipinski definition) is 3. The van der Waals surface area contributed by atoms with Crippen LogP contribution < -0.4 is 5.32 Å². The zero-order valence-electron chi connectivity index (χ0n) is 18.9.